The van der Waals surface area contributed by atoms with E-state index in [-0.39, 0.29) is 40.4 Å². The van der Waals surface area contributed by atoms with Crippen LogP contribution in [0.15, 0.2) is 36.7 Å². The van der Waals surface area contributed by atoms with Crippen LogP contribution >= 0.6 is 0 Å². The molecule has 2 saturated carbocycles. The number of likely N-dealkylation sites (tertiary alicyclic amines) is 3. The zero-order valence-corrected chi connectivity index (χ0v) is 38.6. The predicted molar refractivity (Wildman–Crippen MR) is 232 cm³/mol. The molecule has 0 amide bonds. The Morgan fingerprint density at radius 2 is 1.00 bits per heavy atom. The number of nitrogens with zero attached hydrogens (tertiary/aromatic N) is 9. The largest absolute Gasteiger partial charge is 0.573 e. The monoisotopic (exact) mass is 900 g/mol. The minimum Gasteiger partial charge on any atom is -0.404 e. The van der Waals surface area contributed by atoms with Crippen LogP contribution in [-0.4, -0.2) is 113 Å². The van der Waals surface area contributed by atoms with Crippen molar-refractivity contribution in [1.82, 2.24) is 44.2 Å². The van der Waals surface area contributed by atoms with E-state index in [1.54, 1.807) is 6.20 Å². The molecule has 2 aliphatic carbocycles. The number of rotatable bonds is 9. The van der Waals surface area contributed by atoms with Gasteiger partial charge in [-0.1, -0.05) is 0 Å². The molecule has 18 heteroatoms. The Bertz CT molecular complexity index is 2310. The molecular weight excluding hydrogens is 839 g/mol. The molecule has 0 radical (unpaired) electrons. The quantitative estimate of drug-likeness (QED) is 0.163. The summed E-state index contributed by atoms with van der Waals surface area (Å²) in [5, 5.41) is 9.46. The Morgan fingerprint density at radius 1 is 0.594 bits per heavy atom. The van der Waals surface area contributed by atoms with Gasteiger partial charge in [0.25, 0.3) is 0 Å². The van der Waals surface area contributed by atoms with E-state index in [9.17, 15) is 26.3 Å². The molecule has 64 heavy (non-hydrogen) atoms. The van der Waals surface area contributed by atoms with Crippen LogP contribution in [0.5, 0.6) is 11.5 Å². The topological polar surface area (TPSA) is 116 Å². The second kappa shape index (κ2) is 16.2. The number of piperidine rings is 2. The molecule has 0 aromatic carbocycles. The molecule has 2 unspecified atom stereocenters. The zero-order valence-electron chi connectivity index (χ0n) is 38.6. The van der Waals surface area contributed by atoms with Gasteiger partial charge in [0.1, 0.15) is 0 Å². The second-order valence-electron chi connectivity index (χ2n) is 21.0. The Kier molecular flexibility index (Phi) is 11.7. The highest BCUT2D eigenvalue weighted by Crippen LogP contribution is 2.61. The number of ether oxygens (including phenoxy) is 2. The lowest BCUT2D eigenvalue weighted by Gasteiger charge is -2.51. The van der Waals surface area contributed by atoms with Gasteiger partial charge in [0.05, 0.1) is 17.1 Å². The van der Waals surface area contributed by atoms with Crippen molar-refractivity contribution in [1.29, 1.82) is 0 Å². The van der Waals surface area contributed by atoms with Gasteiger partial charge in [0.15, 0.2) is 17.3 Å². The molecule has 5 fully saturated rings. The molecule has 4 aromatic rings. The number of halogens is 6. The average molecular weight is 901 g/mol. The fraction of sp³-hybridized carbons (Fsp3) is 0.652. The lowest BCUT2D eigenvalue weighted by atomic mass is 9.96. The van der Waals surface area contributed by atoms with E-state index in [1.807, 2.05) is 21.5 Å². The third kappa shape index (κ3) is 9.46. The molecule has 3 aliphatic heterocycles. The summed E-state index contributed by atoms with van der Waals surface area (Å²) in [6.45, 7) is 29.9. The third-order valence-electron chi connectivity index (χ3n) is 13.8. The van der Waals surface area contributed by atoms with Crippen molar-refractivity contribution >= 4 is 5.82 Å². The Hall–Kier alpha value is -4.42. The molecule has 12 nitrogen and oxygen atoms in total. The molecule has 3 saturated heterocycles. The van der Waals surface area contributed by atoms with Crippen molar-refractivity contribution in [2.24, 2.45) is 23.7 Å². The molecule has 9 rings (SSSR count). The summed E-state index contributed by atoms with van der Waals surface area (Å²) in [7, 11) is 0. The third-order valence-corrected chi connectivity index (χ3v) is 13.8. The first-order chi connectivity index (χ1) is 29.7. The SMILES string of the molecule is CC(C)n1nc(-c2cnc(N)c(OC(F)(F)F)c2)cc1C1[C@H]2CN(C(C)(C)C)C[C@@H]12.Cc1ncc(-c2cc(C3[C@H]4CN(C5CN(C(C)(C)C)C5)C[C@@H]34)n(C(C)C)n2)cc1OC(F)(F)F. The Balaban J connectivity index is 0.000000176. The van der Waals surface area contributed by atoms with Crippen LogP contribution in [0.3, 0.4) is 0 Å². The Morgan fingerprint density at radius 3 is 1.44 bits per heavy atom. The highest BCUT2D eigenvalue weighted by atomic mass is 19.4. The minimum atomic E-state index is -4.83. The summed E-state index contributed by atoms with van der Waals surface area (Å²) >= 11 is 0. The fourth-order valence-corrected chi connectivity index (χ4v) is 10.2. The minimum absolute atomic E-state index is 0.140. The van der Waals surface area contributed by atoms with Crippen molar-refractivity contribution in [3.63, 3.8) is 0 Å². The van der Waals surface area contributed by atoms with Crippen molar-refractivity contribution in [3.8, 4) is 34.0 Å². The summed E-state index contributed by atoms with van der Waals surface area (Å²) in [4.78, 5) is 15.7. The van der Waals surface area contributed by atoms with Crippen LogP contribution < -0.4 is 15.2 Å². The number of hydrogen-bond acceptors (Lipinski definition) is 10. The summed E-state index contributed by atoms with van der Waals surface area (Å²) in [5.74, 6) is 2.25. The average Bonchev–Trinajstić information content (AvgIpc) is 3.60. The molecule has 4 aromatic heterocycles. The highest BCUT2D eigenvalue weighted by Gasteiger charge is 2.60. The maximum atomic E-state index is 12.8. The number of anilines is 1. The van der Waals surface area contributed by atoms with Gasteiger partial charge in [0.2, 0.25) is 0 Å². The lowest BCUT2D eigenvalue weighted by Crippen LogP contribution is -2.64. The number of pyridine rings is 2. The van der Waals surface area contributed by atoms with Gasteiger partial charge >= 0.3 is 12.7 Å². The molecule has 5 aliphatic rings. The van der Waals surface area contributed by atoms with Crippen molar-refractivity contribution < 1.29 is 35.8 Å². The molecule has 6 atom stereocenters. The van der Waals surface area contributed by atoms with E-state index in [0.29, 0.717) is 64.1 Å². The maximum absolute atomic E-state index is 12.8. The summed E-state index contributed by atoms with van der Waals surface area (Å²) < 4.78 is 88.6. The summed E-state index contributed by atoms with van der Waals surface area (Å²) in [5.41, 5.74) is 10.7. The van der Waals surface area contributed by atoms with E-state index < -0.39 is 18.5 Å². The van der Waals surface area contributed by atoms with Gasteiger partial charge in [-0.2, -0.15) is 10.2 Å². The number of aryl methyl sites for hydroxylation is 1. The van der Waals surface area contributed by atoms with Crippen molar-refractivity contribution in [2.75, 3.05) is 45.0 Å². The molecule has 350 valence electrons. The first kappa shape index (κ1) is 46.1. The lowest BCUT2D eigenvalue weighted by molar-refractivity contribution is -0.275. The van der Waals surface area contributed by atoms with Gasteiger partial charge in [-0.3, -0.25) is 29.0 Å². The Labute approximate surface area is 371 Å². The van der Waals surface area contributed by atoms with E-state index >= 15 is 0 Å². The van der Waals surface area contributed by atoms with Crippen LogP contribution in [0.4, 0.5) is 32.2 Å². The van der Waals surface area contributed by atoms with E-state index in [0.717, 1.165) is 45.0 Å². The van der Waals surface area contributed by atoms with Crippen LogP contribution in [-0.2, 0) is 0 Å². The van der Waals surface area contributed by atoms with Gasteiger partial charge in [-0.25, -0.2) is 4.98 Å². The number of alkyl halides is 6. The smallest absolute Gasteiger partial charge is 0.404 e. The number of nitrogen functional groups attached to an aromatic ring is 1. The van der Waals surface area contributed by atoms with Crippen molar-refractivity contribution in [2.45, 2.75) is 130 Å². The van der Waals surface area contributed by atoms with Crippen LogP contribution in [0.1, 0.15) is 110 Å². The fourth-order valence-electron chi connectivity index (χ4n) is 10.2. The maximum Gasteiger partial charge on any atom is 0.573 e. The number of fused-ring (bicyclic) bond motifs is 2. The number of nitrogens with two attached hydrogens (primary N) is 1. The van der Waals surface area contributed by atoms with Crippen molar-refractivity contribution in [3.05, 3.63) is 53.7 Å². The van der Waals surface area contributed by atoms with Gasteiger partial charge in [-0.05, 0) is 124 Å². The first-order valence-electron chi connectivity index (χ1n) is 22.3. The highest BCUT2D eigenvalue weighted by molar-refractivity contribution is 5.65. The number of hydrogen-bond donors (Lipinski definition) is 1. The molecule has 2 N–H and O–H groups in total. The normalized spacial score (nSPS) is 25.3. The number of aromatic nitrogens is 6. The van der Waals surface area contributed by atoms with Gasteiger partial charge < -0.3 is 15.2 Å². The second-order valence-corrected chi connectivity index (χ2v) is 21.0. The first-order valence-corrected chi connectivity index (χ1v) is 22.3. The molecule has 0 spiro atoms. The van der Waals surface area contributed by atoms with E-state index in [1.165, 1.54) is 30.9 Å². The standard InChI is InChI=1S/C25H34F3N5O.C21H28F3N5O/c1-14(2)33-21(8-20(30-33)16-7-22(15(3)29-9-16)34-25(26,27)28)23-18-12-31(13-19(18)23)17-10-32(11-17)24(4,5)6;1-11(2)29-16(18-13-9-28(10-14(13)18)20(3,4)5)7-15(27-29)12-6-17(19(25)26-8-12)30-21(22,23)24/h7-9,14,17-19,23H,10-13H2,1-6H3;6-8,11,13-14,18H,9-10H2,1-5H3,(H2,25,26)/t18-,19+,23?;13-,14+,18?. The van der Waals surface area contributed by atoms with Gasteiger partial charge in [0, 0.05) is 115 Å². The summed E-state index contributed by atoms with van der Waals surface area (Å²) in [6.07, 6.45) is -6.58. The van der Waals surface area contributed by atoms with E-state index in [4.69, 9.17) is 10.8 Å². The van der Waals surface area contributed by atoms with Gasteiger partial charge in [-0.15, -0.1) is 26.3 Å². The molecule has 0 bridgehead atoms. The predicted octanol–water partition coefficient (Wildman–Crippen LogP) is 9.31. The van der Waals surface area contributed by atoms with Crippen LogP contribution in [0, 0.1) is 30.6 Å². The molecular formula is C46H62F6N10O2. The zero-order chi connectivity index (χ0) is 46.6. The van der Waals surface area contributed by atoms with E-state index in [2.05, 4.69) is 108 Å². The van der Waals surface area contributed by atoms with Crippen LogP contribution in [0.2, 0.25) is 0 Å². The molecule has 7 heterocycles. The van der Waals surface area contributed by atoms with Crippen LogP contribution in [0.25, 0.3) is 22.5 Å². The summed E-state index contributed by atoms with van der Waals surface area (Å²) in [6, 6.07) is 7.63.